The van der Waals surface area contributed by atoms with E-state index in [1.54, 1.807) is 26.2 Å². The molecule has 0 bridgehead atoms. The number of rotatable bonds is 3. The van der Waals surface area contributed by atoms with E-state index in [0.29, 0.717) is 24.0 Å². The van der Waals surface area contributed by atoms with Crippen molar-refractivity contribution in [3.05, 3.63) is 35.1 Å². The predicted octanol–water partition coefficient (Wildman–Crippen LogP) is 4.30. The van der Waals surface area contributed by atoms with Crippen LogP contribution in [0, 0.1) is 18.2 Å². The molecule has 110 valence electrons. The minimum atomic E-state index is -0.781. The van der Waals surface area contributed by atoms with Gasteiger partial charge in [0, 0.05) is 12.7 Å². The molecule has 0 atom stereocenters. The third-order valence-corrected chi connectivity index (χ3v) is 4.65. The fourth-order valence-corrected chi connectivity index (χ4v) is 2.85. The van der Waals surface area contributed by atoms with Gasteiger partial charge in [-0.3, -0.25) is 4.79 Å². The molecule has 0 amide bonds. The number of ketones is 1. The molecule has 1 aromatic rings. The minimum absolute atomic E-state index is 0.0885. The van der Waals surface area contributed by atoms with Gasteiger partial charge < -0.3 is 4.74 Å². The SMILES string of the molecule is COC1(C(=O)c2ccc(C)c(F)c2)CCC(C)(C)CC1. The minimum Gasteiger partial charge on any atom is -0.370 e. The smallest absolute Gasteiger partial charge is 0.194 e. The summed E-state index contributed by atoms with van der Waals surface area (Å²) < 4.78 is 19.3. The van der Waals surface area contributed by atoms with Crippen LogP contribution in [0.4, 0.5) is 4.39 Å². The molecule has 1 aliphatic carbocycles. The van der Waals surface area contributed by atoms with Crippen molar-refractivity contribution in [2.75, 3.05) is 7.11 Å². The van der Waals surface area contributed by atoms with E-state index in [9.17, 15) is 9.18 Å². The predicted molar refractivity (Wildman–Crippen MR) is 77.5 cm³/mol. The first-order valence-corrected chi connectivity index (χ1v) is 7.16. The molecule has 3 heteroatoms. The Labute approximate surface area is 120 Å². The molecule has 1 fully saturated rings. The summed E-state index contributed by atoms with van der Waals surface area (Å²) in [6, 6.07) is 4.68. The Hall–Kier alpha value is -1.22. The van der Waals surface area contributed by atoms with Gasteiger partial charge in [-0.05, 0) is 49.7 Å². The monoisotopic (exact) mass is 278 g/mol. The van der Waals surface area contributed by atoms with Gasteiger partial charge in [-0.2, -0.15) is 0 Å². The third-order valence-electron chi connectivity index (χ3n) is 4.65. The lowest BCUT2D eigenvalue weighted by molar-refractivity contribution is -0.0383. The van der Waals surface area contributed by atoms with Crippen molar-refractivity contribution in [3.8, 4) is 0 Å². The van der Waals surface area contributed by atoms with Crippen molar-refractivity contribution in [1.82, 2.24) is 0 Å². The molecule has 0 aromatic heterocycles. The zero-order valence-electron chi connectivity index (χ0n) is 12.8. The van der Waals surface area contributed by atoms with Crippen LogP contribution in [0.1, 0.15) is 55.5 Å². The highest BCUT2D eigenvalue weighted by Crippen LogP contribution is 2.43. The molecular formula is C17H23FO2. The summed E-state index contributed by atoms with van der Waals surface area (Å²) >= 11 is 0. The Balaban J connectivity index is 2.27. The standard InChI is InChI=1S/C17H23FO2/c1-12-5-6-13(11-14(12)18)15(19)17(20-4)9-7-16(2,3)8-10-17/h5-6,11H,7-10H2,1-4H3. The Kier molecular flexibility index (Phi) is 4.01. The number of aryl methyl sites for hydroxylation is 1. The normalized spacial score (nSPS) is 20.6. The summed E-state index contributed by atoms with van der Waals surface area (Å²) in [6.45, 7) is 6.12. The van der Waals surface area contributed by atoms with Crippen LogP contribution >= 0.6 is 0 Å². The van der Waals surface area contributed by atoms with Crippen LogP contribution in [0.5, 0.6) is 0 Å². The van der Waals surface area contributed by atoms with Crippen molar-refractivity contribution in [1.29, 1.82) is 0 Å². The molecule has 0 heterocycles. The summed E-state index contributed by atoms with van der Waals surface area (Å²) in [7, 11) is 1.58. The highest BCUT2D eigenvalue weighted by Gasteiger charge is 2.44. The third kappa shape index (κ3) is 2.78. The van der Waals surface area contributed by atoms with E-state index in [1.807, 2.05) is 0 Å². The van der Waals surface area contributed by atoms with Gasteiger partial charge in [0.05, 0.1) is 0 Å². The first-order chi connectivity index (χ1) is 9.30. The molecule has 0 radical (unpaired) electrons. The molecule has 1 aliphatic rings. The summed E-state index contributed by atoms with van der Waals surface area (Å²) in [5, 5.41) is 0. The number of carbonyl (C=O) groups is 1. The van der Waals surface area contributed by atoms with Gasteiger partial charge in [-0.1, -0.05) is 26.0 Å². The quantitative estimate of drug-likeness (QED) is 0.770. The molecule has 2 rings (SSSR count). The van der Waals surface area contributed by atoms with Gasteiger partial charge in [0.15, 0.2) is 5.78 Å². The Morgan fingerprint density at radius 1 is 1.20 bits per heavy atom. The van der Waals surface area contributed by atoms with Gasteiger partial charge >= 0.3 is 0 Å². The summed E-state index contributed by atoms with van der Waals surface area (Å²) in [5.41, 5.74) is 0.436. The van der Waals surface area contributed by atoms with Crippen molar-refractivity contribution in [2.24, 2.45) is 5.41 Å². The molecule has 1 saturated carbocycles. The Morgan fingerprint density at radius 3 is 2.30 bits per heavy atom. The maximum Gasteiger partial charge on any atom is 0.194 e. The highest BCUT2D eigenvalue weighted by atomic mass is 19.1. The van der Waals surface area contributed by atoms with E-state index >= 15 is 0 Å². The van der Waals surface area contributed by atoms with E-state index in [4.69, 9.17) is 4.74 Å². The van der Waals surface area contributed by atoms with Gasteiger partial charge in [0.1, 0.15) is 11.4 Å². The average Bonchev–Trinajstić information content (AvgIpc) is 2.42. The molecular weight excluding hydrogens is 255 g/mol. The number of carbonyl (C=O) groups excluding carboxylic acids is 1. The number of methoxy groups -OCH3 is 1. The molecule has 20 heavy (non-hydrogen) atoms. The second kappa shape index (κ2) is 5.28. The van der Waals surface area contributed by atoms with Crippen LogP contribution in [0.25, 0.3) is 0 Å². The van der Waals surface area contributed by atoms with Crippen LogP contribution in [-0.2, 0) is 4.74 Å². The molecule has 0 aliphatic heterocycles. The number of hydrogen-bond acceptors (Lipinski definition) is 2. The Bertz CT molecular complexity index is 510. The second-order valence-electron chi connectivity index (χ2n) is 6.66. The maximum atomic E-state index is 13.7. The molecule has 0 unspecified atom stereocenters. The molecule has 0 spiro atoms. The highest BCUT2D eigenvalue weighted by molar-refractivity contribution is 6.02. The molecule has 0 saturated heterocycles. The first-order valence-electron chi connectivity index (χ1n) is 7.16. The number of ether oxygens (including phenoxy) is 1. The summed E-state index contributed by atoms with van der Waals surface area (Å²) in [5.74, 6) is -0.423. The Morgan fingerprint density at radius 2 is 1.80 bits per heavy atom. The summed E-state index contributed by atoms with van der Waals surface area (Å²) in [6.07, 6.45) is 3.29. The largest absolute Gasteiger partial charge is 0.370 e. The van der Waals surface area contributed by atoms with Crippen LogP contribution in [-0.4, -0.2) is 18.5 Å². The maximum absolute atomic E-state index is 13.7. The lowest BCUT2D eigenvalue weighted by atomic mass is 9.68. The van der Waals surface area contributed by atoms with E-state index in [-0.39, 0.29) is 17.0 Å². The fraction of sp³-hybridized carbons (Fsp3) is 0.588. The van der Waals surface area contributed by atoms with Crippen molar-refractivity contribution in [3.63, 3.8) is 0 Å². The van der Waals surface area contributed by atoms with Crippen LogP contribution in [0.3, 0.4) is 0 Å². The van der Waals surface area contributed by atoms with E-state index < -0.39 is 5.60 Å². The number of benzene rings is 1. The molecule has 2 nitrogen and oxygen atoms in total. The fourth-order valence-electron chi connectivity index (χ4n) is 2.85. The lowest BCUT2D eigenvalue weighted by Gasteiger charge is -2.41. The first kappa shape index (κ1) is 15.2. The van der Waals surface area contributed by atoms with E-state index in [1.165, 1.54) is 6.07 Å². The van der Waals surface area contributed by atoms with Crippen LogP contribution < -0.4 is 0 Å². The lowest BCUT2D eigenvalue weighted by Crippen LogP contribution is -2.45. The second-order valence-corrected chi connectivity index (χ2v) is 6.66. The number of hydrogen-bond donors (Lipinski definition) is 0. The van der Waals surface area contributed by atoms with Gasteiger partial charge in [0.2, 0.25) is 0 Å². The average molecular weight is 278 g/mol. The molecule has 0 N–H and O–H groups in total. The van der Waals surface area contributed by atoms with Gasteiger partial charge in [-0.25, -0.2) is 4.39 Å². The van der Waals surface area contributed by atoms with Gasteiger partial charge in [0.25, 0.3) is 0 Å². The van der Waals surface area contributed by atoms with Gasteiger partial charge in [-0.15, -0.1) is 0 Å². The van der Waals surface area contributed by atoms with E-state index in [2.05, 4.69) is 13.8 Å². The van der Waals surface area contributed by atoms with Crippen LogP contribution in [0.15, 0.2) is 18.2 Å². The zero-order chi connectivity index (χ0) is 15.0. The zero-order valence-corrected chi connectivity index (χ0v) is 12.8. The van der Waals surface area contributed by atoms with Crippen molar-refractivity contribution in [2.45, 2.75) is 52.1 Å². The van der Waals surface area contributed by atoms with Crippen LogP contribution in [0.2, 0.25) is 0 Å². The molecule has 1 aromatic carbocycles. The van der Waals surface area contributed by atoms with E-state index in [0.717, 1.165) is 12.8 Å². The van der Waals surface area contributed by atoms with Crippen molar-refractivity contribution < 1.29 is 13.9 Å². The number of halogens is 1. The summed E-state index contributed by atoms with van der Waals surface area (Å²) in [4.78, 5) is 12.7. The van der Waals surface area contributed by atoms with Crippen molar-refractivity contribution >= 4 is 5.78 Å². The topological polar surface area (TPSA) is 26.3 Å². The number of Topliss-reactive ketones (excluding diaryl/α,β-unsaturated/α-hetero) is 1.